The Morgan fingerprint density at radius 3 is 2.67 bits per heavy atom. The van der Waals surface area contributed by atoms with Crippen LogP contribution in [-0.4, -0.2) is 38.1 Å². The van der Waals surface area contributed by atoms with Crippen molar-refractivity contribution in [1.29, 1.82) is 0 Å². The molecule has 1 saturated heterocycles. The third kappa shape index (κ3) is 2.71. The maximum absolute atomic E-state index is 5.85. The van der Waals surface area contributed by atoms with Gasteiger partial charge in [0.05, 0.1) is 0 Å². The normalized spacial score (nSPS) is 24.0. The van der Waals surface area contributed by atoms with Crippen LogP contribution in [0.2, 0.25) is 0 Å². The molecular formula is C14H22BrN3. The molecule has 2 unspecified atom stereocenters. The first kappa shape index (κ1) is 13.8. The van der Waals surface area contributed by atoms with E-state index in [1.54, 1.807) is 0 Å². The lowest BCUT2D eigenvalue weighted by molar-refractivity contribution is 0.266. The van der Waals surface area contributed by atoms with Gasteiger partial charge < -0.3 is 15.5 Å². The first-order valence-electron chi connectivity index (χ1n) is 6.42. The highest BCUT2D eigenvalue weighted by Crippen LogP contribution is 2.30. The van der Waals surface area contributed by atoms with E-state index in [9.17, 15) is 0 Å². The van der Waals surface area contributed by atoms with Crippen LogP contribution in [0.15, 0.2) is 22.7 Å². The lowest BCUT2D eigenvalue weighted by Gasteiger charge is -2.24. The Hall–Kier alpha value is -0.580. The predicted molar refractivity (Wildman–Crippen MR) is 80.9 cm³/mol. The van der Waals surface area contributed by atoms with Crippen molar-refractivity contribution in [3.8, 4) is 0 Å². The Bertz CT molecular complexity index is 420. The van der Waals surface area contributed by atoms with Gasteiger partial charge in [-0.1, -0.05) is 28.9 Å². The van der Waals surface area contributed by atoms with Crippen molar-refractivity contribution in [1.82, 2.24) is 4.90 Å². The molecule has 2 atom stereocenters. The molecule has 2 N–H and O–H groups in total. The lowest BCUT2D eigenvalue weighted by atomic mass is 10.1. The second kappa shape index (κ2) is 5.59. The largest absolute Gasteiger partial charge is 0.369 e. The molecule has 1 aliphatic rings. The fourth-order valence-corrected chi connectivity index (χ4v) is 3.17. The maximum Gasteiger partial charge on any atom is 0.0423 e. The van der Waals surface area contributed by atoms with Gasteiger partial charge in [-0.25, -0.2) is 0 Å². The number of nitrogens with zero attached hydrogens (tertiary/aromatic N) is 2. The van der Waals surface area contributed by atoms with E-state index in [4.69, 9.17) is 5.73 Å². The zero-order chi connectivity index (χ0) is 13.3. The number of anilines is 1. The van der Waals surface area contributed by atoms with Crippen LogP contribution in [0.5, 0.6) is 0 Å². The maximum atomic E-state index is 5.85. The second-order valence-corrected chi connectivity index (χ2v) is 6.31. The first-order valence-corrected chi connectivity index (χ1v) is 7.22. The molecule has 1 aliphatic heterocycles. The summed E-state index contributed by atoms with van der Waals surface area (Å²) in [7, 11) is 4.32. The molecule has 0 aromatic heterocycles. The molecule has 100 valence electrons. The van der Waals surface area contributed by atoms with Crippen LogP contribution in [0.4, 0.5) is 5.69 Å². The molecule has 0 aliphatic carbocycles. The quantitative estimate of drug-likeness (QED) is 0.929. The van der Waals surface area contributed by atoms with Crippen molar-refractivity contribution in [3.63, 3.8) is 0 Å². The third-order valence-electron chi connectivity index (χ3n) is 3.84. The zero-order valence-electron chi connectivity index (χ0n) is 11.4. The van der Waals surface area contributed by atoms with Crippen molar-refractivity contribution < 1.29 is 0 Å². The van der Waals surface area contributed by atoms with E-state index in [-0.39, 0.29) is 0 Å². The van der Waals surface area contributed by atoms with Gasteiger partial charge in [-0.3, -0.25) is 0 Å². The first-order chi connectivity index (χ1) is 8.52. The van der Waals surface area contributed by atoms with E-state index in [1.807, 2.05) is 0 Å². The minimum atomic E-state index is 0.597. The van der Waals surface area contributed by atoms with Gasteiger partial charge in [0.1, 0.15) is 0 Å². The SMILES string of the molecule is CC1CN(c2cc(Br)ccc2CN)CC1N(C)C. The van der Waals surface area contributed by atoms with Gasteiger partial charge in [0.2, 0.25) is 0 Å². The predicted octanol–water partition coefficient (Wildman–Crippen LogP) is 2.29. The molecule has 1 aromatic rings. The van der Waals surface area contributed by atoms with Crippen LogP contribution in [0.1, 0.15) is 12.5 Å². The monoisotopic (exact) mass is 311 g/mol. The van der Waals surface area contributed by atoms with E-state index in [0.29, 0.717) is 18.5 Å². The molecule has 1 fully saturated rings. The van der Waals surface area contributed by atoms with Gasteiger partial charge in [-0.2, -0.15) is 0 Å². The van der Waals surface area contributed by atoms with E-state index in [2.05, 4.69) is 64.9 Å². The Morgan fingerprint density at radius 2 is 2.11 bits per heavy atom. The summed E-state index contributed by atoms with van der Waals surface area (Å²) in [6, 6.07) is 6.99. The molecule has 0 amide bonds. The minimum Gasteiger partial charge on any atom is -0.369 e. The van der Waals surface area contributed by atoms with Crippen LogP contribution in [0.25, 0.3) is 0 Å². The Morgan fingerprint density at radius 1 is 1.39 bits per heavy atom. The number of rotatable bonds is 3. The van der Waals surface area contributed by atoms with Crippen molar-refractivity contribution in [2.45, 2.75) is 19.5 Å². The van der Waals surface area contributed by atoms with E-state index in [0.717, 1.165) is 17.6 Å². The molecule has 1 aromatic carbocycles. The molecule has 0 radical (unpaired) electrons. The summed E-state index contributed by atoms with van der Waals surface area (Å²) in [5.74, 6) is 0.685. The van der Waals surface area contributed by atoms with E-state index >= 15 is 0 Å². The average molecular weight is 312 g/mol. The van der Waals surface area contributed by atoms with Crippen molar-refractivity contribution >= 4 is 21.6 Å². The fraction of sp³-hybridized carbons (Fsp3) is 0.571. The smallest absolute Gasteiger partial charge is 0.0423 e. The van der Waals surface area contributed by atoms with Crippen molar-refractivity contribution in [2.24, 2.45) is 11.7 Å². The Balaban J connectivity index is 2.25. The minimum absolute atomic E-state index is 0.597. The topological polar surface area (TPSA) is 32.5 Å². The fourth-order valence-electron chi connectivity index (χ4n) is 2.82. The standard InChI is InChI=1S/C14H22BrN3/c1-10-8-18(9-14(10)17(2)3)13-6-12(15)5-4-11(13)7-16/h4-6,10,14H,7-9,16H2,1-3H3. The summed E-state index contributed by atoms with van der Waals surface area (Å²) in [6.45, 7) is 5.11. The van der Waals surface area contributed by atoms with Crippen LogP contribution in [0, 0.1) is 5.92 Å². The highest BCUT2D eigenvalue weighted by molar-refractivity contribution is 9.10. The number of hydrogen-bond acceptors (Lipinski definition) is 3. The highest BCUT2D eigenvalue weighted by Gasteiger charge is 2.31. The molecule has 2 rings (SSSR count). The Kier molecular flexibility index (Phi) is 4.30. The van der Waals surface area contributed by atoms with Gasteiger partial charge in [-0.05, 0) is 37.7 Å². The van der Waals surface area contributed by atoms with Crippen LogP contribution < -0.4 is 10.6 Å². The molecule has 3 nitrogen and oxygen atoms in total. The van der Waals surface area contributed by atoms with Gasteiger partial charge in [0, 0.05) is 35.8 Å². The van der Waals surface area contributed by atoms with Gasteiger partial charge >= 0.3 is 0 Å². The van der Waals surface area contributed by atoms with Crippen LogP contribution in [-0.2, 0) is 6.54 Å². The number of halogens is 1. The van der Waals surface area contributed by atoms with Crippen molar-refractivity contribution in [2.75, 3.05) is 32.1 Å². The van der Waals surface area contributed by atoms with Gasteiger partial charge in [-0.15, -0.1) is 0 Å². The van der Waals surface area contributed by atoms with Crippen molar-refractivity contribution in [3.05, 3.63) is 28.2 Å². The van der Waals surface area contributed by atoms with E-state index in [1.165, 1.54) is 11.3 Å². The average Bonchev–Trinajstić information content (AvgIpc) is 2.71. The summed E-state index contributed by atoms with van der Waals surface area (Å²) in [5, 5.41) is 0. The lowest BCUT2D eigenvalue weighted by Crippen LogP contribution is -2.34. The molecular weight excluding hydrogens is 290 g/mol. The van der Waals surface area contributed by atoms with Crippen LogP contribution in [0.3, 0.4) is 0 Å². The van der Waals surface area contributed by atoms with Gasteiger partial charge in [0.15, 0.2) is 0 Å². The number of hydrogen-bond donors (Lipinski definition) is 1. The third-order valence-corrected chi connectivity index (χ3v) is 4.34. The number of likely N-dealkylation sites (N-methyl/N-ethyl adjacent to an activating group) is 1. The van der Waals surface area contributed by atoms with Gasteiger partial charge in [0.25, 0.3) is 0 Å². The Labute approximate surface area is 118 Å². The summed E-state index contributed by atoms with van der Waals surface area (Å²) in [4.78, 5) is 4.78. The highest BCUT2D eigenvalue weighted by atomic mass is 79.9. The summed E-state index contributed by atoms with van der Waals surface area (Å²) in [6.07, 6.45) is 0. The second-order valence-electron chi connectivity index (χ2n) is 5.39. The number of benzene rings is 1. The van der Waals surface area contributed by atoms with Crippen LogP contribution >= 0.6 is 15.9 Å². The molecule has 18 heavy (non-hydrogen) atoms. The molecule has 1 heterocycles. The molecule has 4 heteroatoms. The molecule has 0 spiro atoms. The number of nitrogens with two attached hydrogens (primary N) is 1. The molecule has 0 saturated carbocycles. The summed E-state index contributed by atoms with van der Waals surface area (Å²) >= 11 is 3.55. The van der Waals surface area contributed by atoms with E-state index < -0.39 is 0 Å². The molecule has 0 bridgehead atoms. The zero-order valence-corrected chi connectivity index (χ0v) is 12.9. The summed E-state index contributed by atoms with van der Waals surface area (Å²) < 4.78 is 1.12. The summed E-state index contributed by atoms with van der Waals surface area (Å²) in [5.41, 5.74) is 8.35.